The van der Waals surface area contributed by atoms with Crippen molar-refractivity contribution in [3.8, 4) is 0 Å². The van der Waals surface area contributed by atoms with Crippen LogP contribution in [0.5, 0.6) is 0 Å². The Morgan fingerprint density at radius 2 is 1.39 bits per heavy atom. The maximum atomic E-state index is 5.20. The smallest absolute Gasteiger partial charge is 0.318 e. The molecule has 0 fully saturated rings. The molecule has 0 heterocycles. The lowest BCUT2D eigenvalue weighted by atomic mass is 10.1. The molecule has 18 heavy (non-hydrogen) atoms. The molecule has 100 valence electrons. The van der Waals surface area contributed by atoms with Gasteiger partial charge in [-0.1, -0.05) is 49.6 Å². The molecule has 1 aromatic rings. The first-order valence-corrected chi connectivity index (χ1v) is 8.36. The van der Waals surface area contributed by atoms with Gasteiger partial charge in [-0.3, -0.25) is 0 Å². The van der Waals surface area contributed by atoms with Gasteiger partial charge in [-0.15, -0.1) is 0 Å². The van der Waals surface area contributed by atoms with Crippen molar-refractivity contribution in [3.63, 3.8) is 0 Å². The summed E-state index contributed by atoms with van der Waals surface area (Å²) in [4.78, 5) is 0. The van der Waals surface area contributed by atoms with Gasteiger partial charge in [0.2, 0.25) is 0 Å². The SMILES string of the molecule is C=Cc1ccccc1C=C.CCO[SiH](C)OCC. The number of hydrogen-bond donors (Lipinski definition) is 0. The van der Waals surface area contributed by atoms with Gasteiger partial charge in [0, 0.05) is 13.2 Å². The van der Waals surface area contributed by atoms with Gasteiger partial charge in [-0.2, -0.15) is 0 Å². The number of benzene rings is 1. The third kappa shape index (κ3) is 7.22. The molecule has 0 radical (unpaired) electrons. The van der Waals surface area contributed by atoms with E-state index < -0.39 is 9.28 Å². The highest BCUT2D eigenvalue weighted by Gasteiger charge is 1.99. The zero-order valence-corrected chi connectivity index (χ0v) is 12.8. The molecule has 0 amide bonds. The Bertz CT molecular complexity index is 317. The summed E-state index contributed by atoms with van der Waals surface area (Å²) in [5.41, 5.74) is 2.27. The third-order valence-electron chi connectivity index (χ3n) is 2.24. The van der Waals surface area contributed by atoms with E-state index in [1.54, 1.807) is 0 Å². The molecule has 0 spiro atoms. The molecule has 0 bridgehead atoms. The Balaban J connectivity index is 0.000000331. The van der Waals surface area contributed by atoms with Crippen LogP contribution in [0.2, 0.25) is 6.55 Å². The van der Waals surface area contributed by atoms with Crippen molar-refractivity contribution in [1.29, 1.82) is 0 Å². The predicted octanol–water partition coefficient (Wildman–Crippen LogP) is 3.88. The van der Waals surface area contributed by atoms with Crippen LogP contribution < -0.4 is 0 Å². The Morgan fingerprint density at radius 1 is 1.00 bits per heavy atom. The highest BCUT2D eigenvalue weighted by Crippen LogP contribution is 2.10. The van der Waals surface area contributed by atoms with Gasteiger partial charge in [-0.05, 0) is 31.5 Å². The van der Waals surface area contributed by atoms with E-state index in [1.165, 1.54) is 0 Å². The van der Waals surface area contributed by atoms with Crippen molar-refractivity contribution in [2.24, 2.45) is 0 Å². The summed E-state index contributed by atoms with van der Waals surface area (Å²) in [7, 11) is -1.20. The minimum Gasteiger partial charge on any atom is -0.397 e. The van der Waals surface area contributed by atoms with Crippen molar-refractivity contribution in [3.05, 3.63) is 48.6 Å². The summed E-state index contributed by atoms with van der Waals surface area (Å²) in [6.07, 6.45) is 3.66. The van der Waals surface area contributed by atoms with Crippen LogP contribution in [0, 0.1) is 0 Å². The van der Waals surface area contributed by atoms with Gasteiger partial charge in [0.15, 0.2) is 0 Å². The molecular formula is C15H24O2Si. The highest BCUT2D eigenvalue weighted by atomic mass is 28.3. The van der Waals surface area contributed by atoms with Crippen LogP contribution in [0.15, 0.2) is 37.4 Å². The van der Waals surface area contributed by atoms with Gasteiger partial charge < -0.3 is 8.85 Å². The number of hydrogen-bond acceptors (Lipinski definition) is 2. The van der Waals surface area contributed by atoms with Gasteiger partial charge in [0.25, 0.3) is 0 Å². The van der Waals surface area contributed by atoms with Crippen molar-refractivity contribution in [2.75, 3.05) is 13.2 Å². The molecule has 0 aliphatic heterocycles. The quantitative estimate of drug-likeness (QED) is 0.726. The Hall–Kier alpha value is -1.16. The molecule has 0 N–H and O–H groups in total. The average Bonchev–Trinajstić information content (AvgIpc) is 2.40. The summed E-state index contributed by atoms with van der Waals surface area (Å²) in [6.45, 7) is 15.0. The highest BCUT2D eigenvalue weighted by molar-refractivity contribution is 6.42. The van der Waals surface area contributed by atoms with E-state index in [2.05, 4.69) is 13.2 Å². The molecular weight excluding hydrogens is 240 g/mol. The van der Waals surface area contributed by atoms with Gasteiger partial charge in [0.05, 0.1) is 0 Å². The van der Waals surface area contributed by atoms with Crippen LogP contribution in [0.25, 0.3) is 12.2 Å². The molecule has 2 nitrogen and oxygen atoms in total. The molecule has 0 aliphatic carbocycles. The molecule has 1 aromatic carbocycles. The van der Waals surface area contributed by atoms with Gasteiger partial charge in [0.1, 0.15) is 0 Å². The van der Waals surface area contributed by atoms with E-state index in [4.69, 9.17) is 8.85 Å². The van der Waals surface area contributed by atoms with Crippen LogP contribution in [0.3, 0.4) is 0 Å². The van der Waals surface area contributed by atoms with Crippen LogP contribution in [0.1, 0.15) is 25.0 Å². The zero-order chi connectivity index (χ0) is 13.8. The maximum Gasteiger partial charge on any atom is 0.318 e. The topological polar surface area (TPSA) is 18.5 Å². The van der Waals surface area contributed by atoms with Crippen molar-refractivity contribution >= 4 is 21.4 Å². The first-order valence-electron chi connectivity index (χ1n) is 6.26. The van der Waals surface area contributed by atoms with Crippen molar-refractivity contribution in [1.82, 2.24) is 0 Å². The molecule has 0 aliphatic rings. The Morgan fingerprint density at radius 3 is 1.67 bits per heavy atom. The standard InChI is InChI=1S/C10H10.C5H14O2Si/c1-3-9-7-5-6-8-10(9)4-2;1-4-6-8(3)7-5-2/h3-8H,1-2H2;8H,4-5H2,1-3H3. The van der Waals surface area contributed by atoms with Crippen molar-refractivity contribution < 1.29 is 8.85 Å². The first kappa shape index (κ1) is 16.8. The molecule has 0 unspecified atom stereocenters. The molecule has 0 saturated heterocycles. The summed E-state index contributed by atoms with van der Waals surface area (Å²) in [5.74, 6) is 0. The van der Waals surface area contributed by atoms with E-state index in [9.17, 15) is 0 Å². The minimum atomic E-state index is -1.20. The number of rotatable bonds is 6. The summed E-state index contributed by atoms with van der Waals surface area (Å²) < 4.78 is 10.4. The maximum absolute atomic E-state index is 5.20. The lowest BCUT2D eigenvalue weighted by Gasteiger charge is -2.07. The van der Waals surface area contributed by atoms with E-state index >= 15 is 0 Å². The summed E-state index contributed by atoms with van der Waals surface area (Å²) >= 11 is 0. The largest absolute Gasteiger partial charge is 0.397 e. The zero-order valence-electron chi connectivity index (χ0n) is 11.7. The molecule has 1 rings (SSSR count). The van der Waals surface area contributed by atoms with Crippen molar-refractivity contribution in [2.45, 2.75) is 20.4 Å². The molecule has 3 heteroatoms. The Kier molecular flexibility index (Phi) is 10.2. The fourth-order valence-electron chi connectivity index (χ4n) is 1.40. The lowest BCUT2D eigenvalue weighted by Crippen LogP contribution is -2.17. The van der Waals surface area contributed by atoms with E-state index in [0.717, 1.165) is 24.3 Å². The van der Waals surface area contributed by atoms with E-state index in [0.29, 0.717) is 0 Å². The third-order valence-corrected chi connectivity index (χ3v) is 3.84. The fraction of sp³-hybridized carbons (Fsp3) is 0.333. The lowest BCUT2D eigenvalue weighted by molar-refractivity contribution is 0.219. The Labute approximate surface area is 113 Å². The second-order valence-corrected chi connectivity index (χ2v) is 5.32. The fourth-order valence-corrected chi connectivity index (χ4v) is 2.44. The van der Waals surface area contributed by atoms with E-state index in [-0.39, 0.29) is 0 Å². The van der Waals surface area contributed by atoms with Gasteiger partial charge >= 0.3 is 9.28 Å². The molecule has 0 atom stereocenters. The minimum absolute atomic E-state index is 0.785. The molecule has 0 saturated carbocycles. The van der Waals surface area contributed by atoms with Gasteiger partial charge in [-0.25, -0.2) is 0 Å². The predicted molar refractivity (Wildman–Crippen MR) is 82.9 cm³/mol. The first-order chi connectivity index (χ1) is 8.69. The van der Waals surface area contributed by atoms with Crippen LogP contribution in [-0.4, -0.2) is 22.5 Å². The summed E-state index contributed by atoms with van der Waals surface area (Å²) in [5, 5.41) is 0. The van der Waals surface area contributed by atoms with Crippen LogP contribution in [0.4, 0.5) is 0 Å². The van der Waals surface area contributed by atoms with Crippen LogP contribution >= 0.6 is 0 Å². The second kappa shape index (κ2) is 11.0. The van der Waals surface area contributed by atoms with E-state index in [1.807, 2.05) is 56.8 Å². The normalized spacial score (nSPS) is 9.56. The average molecular weight is 264 g/mol. The second-order valence-electron chi connectivity index (χ2n) is 3.52. The molecule has 0 aromatic heterocycles. The van der Waals surface area contributed by atoms with Crippen LogP contribution in [-0.2, 0) is 8.85 Å². The summed E-state index contributed by atoms with van der Waals surface area (Å²) in [6, 6.07) is 8.02. The monoisotopic (exact) mass is 264 g/mol.